The SMILES string of the molecule is Cc1cc(C)c(CNc2c(Br)cccc2Br)cc1C. The van der Waals surface area contributed by atoms with Gasteiger partial charge in [0.15, 0.2) is 0 Å². The standard InChI is InChI=1S/C16H17Br2N/c1-10-7-12(3)13(8-11(10)2)9-19-16-14(17)5-4-6-15(16)18/h4-8,19H,9H2,1-3H3. The summed E-state index contributed by atoms with van der Waals surface area (Å²) >= 11 is 7.15. The largest absolute Gasteiger partial charge is 0.379 e. The summed E-state index contributed by atoms with van der Waals surface area (Å²) in [5, 5.41) is 3.49. The quantitative estimate of drug-likeness (QED) is 0.712. The van der Waals surface area contributed by atoms with Crippen molar-refractivity contribution in [1.82, 2.24) is 0 Å². The van der Waals surface area contributed by atoms with Gasteiger partial charge in [0, 0.05) is 15.5 Å². The van der Waals surface area contributed by atoms with Crippen molar-refractivity contribution in [3.63, 3.8) is 0 Å². The average molecular weight is 383 g/mol. The molecule has 0 atom stereocenters. The molecule has 0 aromatic heterocycles. The summed E-state index contributed by atoms with van der Waals surface area (Å²) in [6, 6.07) is 10.6. The summed E-state index contributed by atoms with van der Waals surface area (Å²) < 4.78 is 2.15. The molecule has 19 heavy (non-hydrogen) atoms. The predicted molar refractivity (Wildman–Crippen MR) is 89.8 cm³/mol. The summed E-state index contributed by atoms with van der Waals surface area (Å²) in [5.74, 6) is 0. The Morgan fingerprint density at radius 2 is 1.47 bits per heavy atom. The number of hydrogen-bond donors (Lipinski definition) is 1. The first-order valence-electron chi connectivity index (χ1n) is 6.23. The summed E-state index contributed by atoms with van der Waals surface area (Å²) in [6.45, 7) is 7.31. The molecule has 0 aliphatic rings. The van der Waals surface area contributed by atoms with Crippen LogP contribution in [0.1, 0.15) is 22.3 Å². The number of benzene rings is 2. The highest BCUT2D eigenvalue weighted by molar-refractivity contribution is 9.11. The van der Waals surface area contributed by atoms with Crippen LogP contribution in [0.5, 0.6) is 0 Å². The van der Waals surface area contributed by atoms with Crippen LogP contribution in [0.25, 0.3) is 0 Å². The maximum atomic E-state index is 3.57. The van der Waals surface area contributed by atoms with E-state index in [2.05, 4.69) is 70.1 Å². The highest BCUT2D eigenvalue weighted by Gasteiger charge is 2.06. The Morgan fingerprint density at radius 3 is 2.11 bits per heavy atom. The second-order valence-electron chi connectivity index (χ2n) is 4.81. The first kappa shape index (κ1) is 14.6. The van der Waals surface area contributed by atoms with Crippen molar-refractivity contribution in [2.45, 2.75) is 27.3 Å². The molecule has 0 saturated carbocycles. The average Bonchev–Trinajstić information content (AvgIpc) is 2.34. The van der Waals surface area contributed by atoms with Crippen molar-refractivity contribution in [1.29, 1.82) is 0 Å². The molecule has 2 aromatic carbocycles. The Hall–Kier alpha value is -0.800. The van der Waals surface area contributed by atoms with Gasteiger partial charge in [0.2, 0.25) is 0 Å². The van der Waals surface area contributed by atoms with Crippen molar-refractivity contribution < 1.29 is 0 Å². The van der Waals surface area contributed by atoms with Gasteiger partial charge in [-0.1, -0.05) is 18.2 Å². The maximum absolute atomic E-state index is 3.57. The van der Waals surface area contributed by atoms with E-state index in [0.29, 0.717) is 0 Å². The number of rotatable bonds is 3. The van der Waals surface area contributed by atoms with E-state index in [0.717, 1.165) is 21.2 Å². The summed E-state index contributed by atoms with van der Waals surface area (Å²) in [5.41, 5.74) is 6.46. The van der Waals surface area contributed by atoms with E-state index >= 15 is 0 Å². The van der Waals surface area contributed by atoms with Crippen LogP contribution in [0.4, 0.5) is 5.69 Å². The molecule has 1 nitrogen and oxygen atoms in total. The molecular weight excluding hydrogens is 366 g/mol. The molecule has 100 valence electrons. The number of halogens is 2. The van der Waals surface area contributed by atoms with Crippen LogP contribution in [0.2, 0.25) is 0 Å². The topological polar surface area (TPSA) is 12.0 Å². The van der Waals surface area contributed by atoms with Crippen LogP contribution < -0.4 is 5.32 Å². The fraction of sp³-hybridized carbons (Fsp3) is 0.250. The summed E-state index contributed by atoms with van der Waals surface area (Å²) in [6.07, 6.45) is 0. The fourth-order valence-electron chi connectivity index (χ4n) is 2.06. The van der Waals surface area contributed by atoms with Gasteiger partial charge in [-0.15, -0.1) is 0 Å². The Balaban J connectivity index is 2.22. The van der Waals surface area contributed by atoms with Gasteiger partial charge in [0.25, 0.3) is 0 Å². The van der Waals surface area contributed by atoms with Gasteiger partial charge >= 0.3 is 0 Å². The molecule has 0 saturated heterocycles. The number of aryl methyl sites for hydroxylation is 3. The highest BCUT2D eigenvalue weighted by Crippen LogP contribution is 2.31. The molecule has 0 heterocycles. The van der Waals surface area contributed by atoms with Crippen LogP contribution in [-0.2, 0) is 6.54 Å². The third-order valence-electron chi connectivity index (χ3n) is 3.37. The van der Waals surface area contributed by atoms with Crippen LogP contribution >= 0.6 is 31.9 Å². The van der Waals surface area contributed by atoms with E-state index in [4.69, 9.17) is 0 Å². The second-order valence-corrected chi connectivity index (χ2v) is 6.52. The summed E-state index contributed by atoms with van der Waals surface area (Å²) in [7, 11) is 0. The van der Waals surface area contributed by atoms with Gasteiger partial charge < -0.3 is 5.32 Å². The maximum Gasteiger partial charge on any atom is 0.0631 e. The highest BCUT2D eigenvalue weighted by atomic mass is 79.9. The second kappa shape index (κ2) is 6.10. The lowest BCUT2D eigenvalue weighted by Gasteiger charge is -2.14. The molecule has 0 fully saturated rings. The molecule has 0 aliphatic carbocycles. The van der Waals surface area contributed by atoms with E-state index in [9.17, 15) is 0 Å². The monoisotopic (exact) mass is 381 g/mol. The third kappa shape index (κ3) is 3.40. The normalized spacial score (nSPS) is 10.6. The van der Waals surface area contributed by atoms with E-state index in [1.807, 2.05) is 18.2 Å². The molecular formula is C16H17Br2N. The number of hydrogen-bond acceptors (Lipinski definition) is 1. The zero-order chi connectivity index (χ0) is 14.0. The molecule has 0 bridgehead atoms. The molecule has 0 spiro atoms. The van der Waals surface area contributed by atoms with Crippen LogP contribution in [-0.4, -0.2) is 0 Å². The minimum atomic E-state index is 0.828. The Bertz CT molecular complexity index is 586. The van der Waals surface area contributed by atoms with Gasteiger partial charge in [-0.25, -0.2) is 0 Å². The lowest BCUT2D eigenvalue weighted by Crippen LogP contribution is -2.03. The zero-order valence-corrected chi connectivity index (χ0v) is 14.5. The van der Waals surface area contributed by atoms with Crippen LogP contribution in [0.15, 0.2) is 39.3 Å². The molecule has 3 heteroatoms. The van der Waals surface area contributed by atoms with Gasteiger partial charge in [-0.05, 0) is 87.0 Å². The van der Waals surface area contributed by atoms with Crippen molar-refractivity contribution >= 4 is 37.5 Å². The molecule has 1 N–H and O–H groups in total. The first-order chi connectivity index (χ1) is 8.99. The number of nitrogens with one attached hydrogen (secondary N) is 1. The Labute approximate surface area is 131 Å². The van der Waals surface area contributed by atoms with Crippen molar-refractivity contribution in [2.75, 3.05) is 5.32 Å². The zero-order valence-electron chi connectivity index (χ0n) is 11.3. The number of anilines is 1. The van der Waals surface area contributed by atoms with Crippen LogP contribution in [0.3, 0.4) is 0 Å². The van der Waals surface area contributed by atoms with E-state index in [-0.39, 0.29) is 0 Å². The van der Waals surface area contributed by atoms with E-state index < -0.39 is 0 Å². The van der Waals surface area contributed by atoms with Gasteiger partial charge in [0.05, 0.1) is 5.69 Å². The third-order valence-corrected chi connectivity index (χ3v) is 4.69. The summed E-state index contributed by atoms with van der Waals surface area (Å²) in [4.78, 5) is 0. The lowest BCUT2D eigenvalue weighted by atomic mass is 10.0. The van der Waals surface area contributed by atoms with Crippen LogP contribution in [0, 0.1) is 20.8 Å². The van der Waals surface area contributed by atoms with Crippen molar-refractivity contribution in [3.8, 4) is 0 Å². The molecule has 2 rings (SSSR count). The molecule has 2 aromatic rings. The minimum Gasteiger partial charge on any atom is -0.379 e. The van der Waals surface area contributed by atoms with Crippen molar-refractivity contribution in [3.05, 3.63) is 61.5 Å². The molecule has 0 aliphatic heterocycles. The number of para-hydroxylation sites is 1. The first-order valence-corrected chi connectivity index (χ1v) is 7.82. The molecule has 0 radical (unpaired) electrons. The molecule has 0 amide bonds. The smallest absolute Gasteiger partial charge is 0.0631 e. The predicted octanol–water partition coefficient (Wildman–Crippen LogP) is 5.75. The van der Waals surface area contributed by atoms with Gasteiger partial charge in [0.1, 0.15) is 0 Å². The molecule has 0 unspecified atom stereocenters. The minimum absolute atomic E-state index is 0.828. The lowest BCUT2D eigenvalue weighted by molar-refractivity contribution is 1.09. The van der Waals surface area contributed by atoms with Gasteiger partial charge in [-0.3, -0.25) is 0 Å². The fourth-order valence-corrected chi connectivity index (χ4v) is 3.34. The Morgan fingerprint density at radius 1 is 0.895 bits per heavy atom. The Kier molecular flexibility index (Phi) is 4.69. The van der Waals surface area contributed by atoms with E-state index in [1.165, 1.54) is 22.3 Å². The van der Waals surface area contributed by atoms with Gasteiger partial charge in [-0.2, -0.15) is 0 Å². The van der Waals surface area contributed by atoms with E-state index in [1.54, 1.807) is 0 Å². The van der Waals surface area contributed by atoms with Crippen molar-refractivity contribution in [2.24, 2.45) is 0 Å².